The van der Waals surface area contributed by atoms with Crippen LogP contribution >= 0.6 is 0 Å². The van der Waals surface area contributed by atoms with E-state index in [1.165, 1.54) is 11.1 Å². The number of rotatable bonds is 4. The monoisotopic (exact) mass is 266 g/mol. The highest BCUT2D eigenvalue weighted by Crippen LogP contribution is 2.23. The van der Waals surface area contributed by atoms with Crippen LogP contribution in [0.2, 0.25) is 0 Å². The molecular formula is C16H18N4. The van der Waals surface area contributed by atoms with Crippen molar-refractivity contribution in [2.24, 2.45) is 0 Å². The molecule has 1 aromatic heterocycles. The van der Waals surface area contributed by atoms with Crippen LogP contribution in [0.5, 0.6) is 0 Å². The van der Waals surface area contributed by atoms with Crippen LogP contribution < -0.4 is 11.1 Å². The first-order valence-electron chi connectivity index (χ1n) is 6.80. The van der Waals surface area contributed by atoms with Crippen molar-refractivity contribution < 1.29 is 0 Å². The molecular weight excluding hydrogens is 248 g/mol. The molecule has 102 valence electrons. The van der Waals surface area contributed by atoms with Crippen molar-refractivity contribution in [2.45, 2.75) is 19.9 Å². The van der Waals surface area contributed by atoms with Gasteiger partial charge >= 0.3 is 0 Å². The Morgan fingerprint density at radius 3 is 2.65 bits per heavy atom. The van der Waals surface area contributed by atoms with Gasteiger partial charge in [-0.15, -0.1) is 0 Å². The number of aromatic amines is 1. The summed E-state index contributed by atoms with van der Waals surface area (Å²) in [4.78, 5) is 7.27. The van der Waals surface area contributed by atoms with Gasteiger partial charge in [0.25, 0.3) is 0 Å². The maximum Gasteiger partial charge on any atom is 0.111 e. The molecule has 4 N–H and O–H groups in total. The largest absolute Gasteiger partial charge is 0.397 e. The van der Waals surface area contributed by atoms with E-state index in [1.54, 1.807) is 6.33 Å². The number of H-pyrrole nitrogens is 1. The highest BCUT2D eigenvalue weighted by atomic mass is 14.9. The average molecular weight is 266 g/mol. The van der Waals surface area contributed by atoms with Gasteiger partial charge in [0.15, 0.2) is 0 Å². The smallest absolute Gasteiger partial charge is 0.111 e. The molecule has 0 radical (unpaired) electrons. The Balaban J connectivity index is 1.75. The van der Waals surface area contributed by atoms with E-state index in [0.717, 1.165) is 29.7 Å². The Morgan fingerprint density at radius 2 is 1.90 bits per heavy atom. The molecule has 4 heteroatoms. The molecule has 20 heavy (non-hydrogen) atoms. The van der Waals surface area contributed by atoms with Crippen LogP contribution in [-0.4, -0.2) is 9.97 Å². The third kappa shape index (κ3) is 2.45. The number of nitrogen functional groups attached to an aromatic ring is 1. The molecule has 0 saturated heterocycles. The normalized spacial score (nSPS) is 10.8. The van der Waals surface area contributed by atoms with Crippen molar-refractivity contribution in [3.05, 3.63) is 53.9 Å². The fourth-order valence-electron chi connectivity index (χ4n) is 2.28. The van der Waals surface area contributed by atoms with Gasteiger partial charge in [0.05, 0.1) is 17.5 Å². The third-order valence-electron chi connectivity index (χ3n) is 3.48. The first kappa shape index (κ1) is 12.5. The van der Waals surface area contributed by atoms with Crippen LogP contribution in [0.3, 0.4) is 0 Å². The maximum absolute atomic E-state index is 5.99. The van der Waals surface area contributed by atoms with E-state index in [2.05, 4.69) is 46.5 Å². The van der Waals surface area contributed by atoms with Gasteiger partial charge in [-0.1, -0.05) is 31.2 Å². The van der Waals surface area contributed by atoms with E-state index in [1.807, 2.05) is 12.1 Å². The predicted octanol–water partition coefficient (Wildman–Crippen LogP) is 3.32. The second-order valence-corrected chi connectivity index (χ2v) is 4.89. The van der Waals surface area contributed by atoms with Crippen molar-refractivity contribution in [3.63, 3.8) is 0 Å². The molecule has 0 aliphatic heterocycles. The molecule has 0 aliphatic rings. The number of imidazole rings is 1. The third-order valence-corrected chi connectivity index (χ3v) is 3.48. The molecule has 0 aliphatic carbocycles. The van der Waals surface area contributed by atoms with Gasteiger partial charge in [-0.3, -0.25) is 0 Å². The van der Waals surface area contributed by atoms with Crippen molar-refractivity contribution in [2.75, 3.05) is 11.1 Å². The van der Waals surface area contributed by atoms with Gasteiger partial charge in [0, 0.05) is 12.2 Å². The summed E-state index contributed by atoms with van der Waals surface area (Å²) < 4.78 is 0. The summed E-state index contributed by atoms with van der Waals surface area (Å²) in [5.74, 6) is 0. The summed E-state index contributed by atoms with van der Waals surface area (Å²) in [5.41, 5.74) is 12.1. The lowest BCUT2D eigenvalue weighted by Crippen LogP contribution is -2.00. The zero-order valence-electron chi connectivity index (χ0n) is 11.5. The number of hydrogen-bond acceptors (Lipinski definition) is 3. The Kier molecular flexibility index (Phi) is 3.29. The van der Waals surface area contributed by atoms with Gasteiger partial charge < -0.3 is 16.0 Å². The Bertz CT molecular complexity index is 713. The number of hydrogen-bond donors (Lipinski definition) is 3. The highest BCUT2D eigenvalue weighted by molar-refractivity contribution is 5.90. The second kappa shape index (κ2) is 5.25. The van der Waals surface area contributed by atoms with Gasteiger partial charge in [0.1, 0.15) is 5.52 Å². The number of aryl methyl sites for hydroxylation is 1. The number of anilines is 2. The molecule has 2 aromatic carbocycles. The van der Waals surface area contributed by atoms with E-state index in [9.17, 15) is 0 Å². The summed E-state index contributed by atoms with van der Waals surface area (Å²) in [6.45, 7) is 2.94. The molecule has 0 saturated carbocycles. The topological polar surface area (TPSA) is 66.7 Å². The maximum atomic E-state index is 5.99. The first-order valence-corrected chi connectivity index (χ1v) is 6.80. The molecule has 0 unspecified atom stereocenters. The number of nitrogens with one attached hydrogen (secondary N) is 2. The summed E-state index contributed by atoms with van der Waals surface area (Å²) in [7, 11) is 0. The predicted molar refractivity (Wildman–Crippen MR) is 83.7 cm³/mol. The Hall–Kier alpha value is -2.49. The number of fused-ring (bicyclic) bond motifs is 1. The zero-order valence-corrected chi connectivity index (χ0v) is 11.5. The molecule has 0 fully saturated rings. The second-order valence-electron chi connectivity index (χ2n) is 4.89. The fourth-order valence-corrected chi connectivity index (χ4v) is 2.28. The van der Waals surface area contributed by atoms with Crippen LogP contribution in [0, 0.1) is 0 Å². The van der Waals surface area contributed by atoms with Crippen LogP contribution in [-0.2, 0) is 13.0 Å². The summed E-state index contributed by atoms with van der Waals surface area (Å²) in [5, 5.41) is 3.39. The molecule has 0 bridgehead atoms. The molecule has 3 aromatic rings. The summed E-state index contributed by atoms with van der Waals surface area (Å²) >= 11 is 0. The van der Waals surface area contributed by atoms with Crippen LogP contribution in [0.1, 0.15) is 18.1 Å². The summed E-state index contributed by atoms with van der Waals surface area (Å²) in [6.07, 6.45) is 2.73. The molecule has 3 rings (SSSR count). The minimum absolute atomic E-state index is 0.688. The quantitative estimate of drug-likeness (QED) is 0.635. The minimum atomic E-state index is 0.688. The highest BCUT2D eigenvalue weighted by Gasteiger charge is 2.03. The molecule has 1 heterocycles. The molecule has 0 amide bonds. The van der Waals surface area contributed by atoms with Gasteiger partial charge in [-0.05, 0) is 29.7 Å². The molecule has 0 atom stereocenters. The van der Waals surface area contributed by atoms with E-state index < -0.39 is 0 Å². The number of benzene rings is 2. The first-order chi connectivity index (χ1) is 9.76. The van der Waals surface area contributed by atoms with E-state index in [4.69, 9.17) is 5.73 Å². The van der Waals surface area contributed by atoms with E-state index in [0.29, 0.717) is 5.69 Å². The number of aromatic nitrogens is 2. The average Bonchev–Trinajstić information content (AvgIpc) is 2.94. The fraction of sp³-hybridized carbons (Fsp3) is 0.188. The SMILES string of the molecule is CCc1ccc(CNc2cc(N)c3nc[nH]c3c2)cc1. The Morgan fingerprint density at radius 1 is 1.15 bits per heavy atom. The van der Waals surface area contributed by atoms with E-state index >= 15 is 0 Å². The van der Waals surface area contributed by atoms with Crippen molar-refractivity contribution >= 4 is 22.4 Å². The van der Waals surface area contributed by atoms with Gasteiger partial charge in [0.2, 0.25) is 0 Å². The van der Waals surface area contributed by atoms with Crippen LogP contribution in [0.15, 0.2) is 42.7 Å². The lowest BCUT2D eigenvalue weighted by molar-refractivity contribution is 1.11. The number of nitrogens with two attached hydrogens (primary N) is 1. The lowest BCUT2D eigenvalue weighted by Gasteiger charge is -2.08. The summed E-state index contributed by atoms with van der Waals surface area (Å²) in [6, 6.07) is 12.6. The molecule has 4 nitrogen and oxygen atoms in total. The zero-order chi connectivity index (χ0) is 13.9. The van der Waals surface area contributed by atoms with Crippen molar-refractivity contribution in [3.8, 4) is 0 Å². The van der Waals surface area contributed by atoms with E-state index in [-0.39, 0.29) is 0 Å². The van der Waals surface area contributed by atoms with Gasteiger partial charge in [-0.2, -0.15) is 0 Å². The standard InChI is InChI=1S/C16H18N4/c1-2-11-3-5-12(6-4-11)9-18-13-7-14(17)16-15(8-13)19-10-20-16/h3-8,10,18H,2,9,17H2,1H3,(H,19,20). The van der Waals surface area contributed by atoms with Crippen LogP contribution in [0.25, 0.3) is 11.0 Å². The number of nitrogens with zero attached hydrogens (tertiary/aromatic N) is 1. The Labute approximate surface area is 118 Å². The minimum Gasteiger partial charge on any atom is -0.397 e. The van der Waals surface area contributed by atoms with Gasteiger partial charge in [-0.25, -0.2) is 4.98 Å². The van der Waals surface area contributed by atoms with Crippen LogP contribution in [0.4, 0.5) is 11.4 Å². The molecule has 0 spiro atoms. The van der Waals surface area contributed by atoms with Crippen molar-refractivity contribution in [1.82, 2.24) is 9.97 Å². The lowest BCUT2D eigenvalue weighted by atomic mass is 10.1. The van der Waals surface area contributed by atoms with Crippen molar-refractivity contribution in [1.29, 1.82) is 0 Å².